The zero-order valence-corrected chi connectivity index (χ0v) is 10.5. The van der Waals surface area contributed by atoms with Crippen molar-refractivity contribution in [2.75, 3.05) is 0 Å². The smallest absolute Gasteiger partial charge is 0.123 e. The van der Waals surface area contributed by atoms with Crippen molar-refractivity contribution in [3.63, 3.8) is 0 Å². The average Bonchev–Trinajstić information content (AvgIpc) is 2.38. The lowest BCUT2D eigenvalue weighted by atomic mass is 9.87. The molecule has 0 heterocycles. The van der Waals surface area contributed by atoms with Crippen molar-refractivity contribution in [1.82, 2.24) is 0 Å². The molecular weight excluding hydrogens is 225 g/mol. The topological polar surface area (TPSA) is 26.0 Å². The van der Waals surface area contributed by atoms with Gasteiger partial charge in [-0.05, 0) is 36.6 Å². The number of benzene rings is 2. The van der Waals surface area contributed by atoms with Crippen LogP contribution in [0.4, 0.5) is 4.39 Å². The van der Waals surface area contributed by atoms with Gasteiger partial charge >= 0.3 is 0 Å². The first-order valence-electron chi connectivity index (χ1n) is 6.22. The van der Waals surface area contributed by atoms with Crippen molar-refractivity contribution < 1.29 is 4.39 Å². The van der Waals surface area contributed by atoms with Crippen LogP contribution < -0.4 is 5.73 Å². The Morgan fingerprint density at radius 3 is 2.17 bits per heavy atom. The Bertz CT molecular complexity index is 476. The second-order valence-corrected chi connectivity index (χ2v) is 4.71. The van der Waals surface area contributed by atoms with Gasteiger partial charge in [0.05, 0.1) is 0 Å². The van der Waals surface area contributed by atoms with E-state index in [1.807, 2.05) is 37.3 Å². The van der Waals surface area contributed by atoms with Crippen LogP contribution >= 0.6 is 0 Å². The Morgan fingerprint density at radius 1 is 1.00 bits per heavy atom. The lowest BCUT2D eigenvalue weighted by Gasteiger charge is -2.21. The molecule has 0 fully saturated rings. The van der Waals surface area contributed by atoms with E-state index in [2.05, 4.69) is 12.1 Å². The van der Waals surface area contributed by atoms with Crippen LogP contribution in [0.5, 0.6) is 0 Å². The summed E-state index contributed by atoms with van der Waals surface area (Å²) in [5, 5.41) is 0. The minimum absolute atomic E-state index is 0.0671. The maximum absolute atomic E-state index is 12.9. The molecule has 0 aromatic heterocycles. The van der Waals surface area contributed by atoms with Crippen molar-refractivity contribution in [3.05, 3.63) is 71.5 Å². The number of hydrogen-bond acceptors (Lipinski definition) is 1. The summed E-state index contributed by atoms with van der Waals surface area (Å²) in [6.45, 7) is 2.02. The quantitative estimate of drug-likeness (QED) is 0.874. The monoisotopic (exact) mass is 243 g/mol. The summed E-state index contributed by atoms with van der Waals surface area (Å²) in [6, 6.07) is 17.0. The standard InChI is InChI=1S/C16H18FN/c1-12(18)16(14-5-3-2-4-6-14)11-13-7-9-15(17)10-8-13/h2-10,12,16H,11,18H2,1H3/t12-,16+/m1/s1. The van der Waals surface area contributed by atoms with E-state index >= 15 is 0 Å². The molecule has 94 valence electrons. The summed E-state index contributed by atoms with van der Waals surface area (Å²) in [5.74, 6) is 0.0625. The Labute approximate surface area is 107 Å². The molecule has 2 heteroatoms. The maximum Gasteiger partial charge on any atom is 0.123 e. The Morgan fingerprint density at radius 2 is 1.61 bits per heavy atom. The van der Waals surface area contributed by atoms with Crippen LogP contribution in [-0.2, 0) is 6.42 Å². The van der Waals surface area contributed by atoms with Crippen LogP contribution in [-0.4, -0.2) is 6.04 Å². The van der Waals surface area contributed by atoms with Gasteiger partial charge in [0.15, 0.2) is 0 Å². The van der Waals surface area contributed by atoms with E-state index in [9.17, 15) is 4.39 Å². The molecule has 1 nitrogen and oxygen atoms in total. The molecule has 0 aliphatic heterocycles. The fourth-order valence-electron chi connectivity index (χ4n) is 2.18. The van der Waals surface area contributed by atoms with Gasteiger partial charge in [-0.2, -0.15) is 0 Å². The molecule has 18 heavy (non-hydrogen) atoms. The molecule has 0 amide bonds. The highest BCUT2D eigenvalue weighted by molar-refractivity contribution is 5.25. The van der Waals surface area contributed by atoms with Gasteiger partial charge in [0.25, 0.3) is 0 Å². The third-order valence-corrected chi connectivity index (χ3v) is 3.23. The maximum atomic E-state index is 12.9. The second kappa shape index (κ2) is 5.78. The molecule has 2 aromatic carbocycles. The molecule has 2 N–H and O–H groups in total. The van der Waals surface area contributed by atoms with E-state index in [0.717, 1.165) is 12.0 Å². The predicted molar refractivity (Wildman–Crippen MR) is 72.9 cm³/mol. The van der Waals surface area contributed by atoms with Gasteiger partial charge in [-0.25, -0.2) is 4.39 Å². The van der Waals surface area contributed by atoms with Crippen molar-refractivity contribution in [2.45, 2.75) is 25.3 Å². The molecule has 0 saturated carbocycles. The van der Waals surface area contributed by atoms with Crippen molar-refractivity contribution in [1.29, 1.82) is 0 Å². The third-order valence-electron chi connectivity index (χ3n) is 3.23. The number of nitrogens with two attached hydrogens (primary N) is 1. The van der Waals surface area contributed by atoms with Gasteiger partial charge in [-0.1, -0.05) is 42.5 Å². The van der Waals surface area contributed by atoms with Crippen molar-refractivity contribution in [2.24, 2.45) is 5.73 Å². The van der Waals surface area contributed by atoms with Gasteiger partial charge in [0.2, 0.25) is 0 Å². The van der Waals surface area contributed by atoms with Crippen LogP contribution in [0.3, 0.4) is 0 Å². The normalized spacial score (nSPS) is 14.2. The van der Waals surface area contributed by atoms with Crippen molar-refractivity contribution >= 4 is 0 Å². The zero-order valence-electron chi connectivity index (χ0n) is 10.5. The van der Waals surface area contributed by atoms with E-state index in [1.165, 1.54) is 17.7 Å². The van der Waals surface area contributed by atoms with Gasteiger partial charge in [0.1, 0.15) is 5.82 Å². The third kappa shape index (κ3) is 3.17. The van der Waals surface area contributed by atoms with Crippen LogP contribution in [0, 0.1) is 5.82 Å². The molecule has 2 rings (SSSR count). The van der Waals surface area contributed by atoms with Crippen LogP contribution in [0.15, 0.2) is 54.6 Å². The van der Waals surface area contributed by atoms with E-state index in [1.54, 1.807) is 0 Å². The van der Waals surface area contributed by atoms with E-state index in [0.29, 0.717) is 0 Å². The first kappa shape index (κ1) is 12.8. The highest BCUT2D eigenvalue weighted by Gasteiger charge is 2.16. The first-order chi connectivity index (χ1) is 8.66. The van der Waals surface area contributed by atoms with Crippen LogP contribution in [0.25, 0.3) is 0 Å². The summed E-state index contributed by atoms with van der Waals surface area (Å²) >= 11 is 0. The molecule has 0 unspecified atom stereocenters. The summed E-state index contributed by atoms with van der Waals surface area (Å²) in [6.07, 6.45) is 0.835. The molecular formula is C16H18FN. The molecule has 0 radical (unpaired) electrons. The Kier molecular flexibility index (Phi) is 4.11. The fraction of sp³-hybridized carbons (Fsp3) is 0.250. The second-order valence-electron chi connectivity index (χ2n) is 4.71. The largest absolute Gasteiger partial charge is 0.327 e. The molecule has 0 bridgehead atoms. The van der Waals surface area contributed by atoms with Crippen molar-refractivity contribution in [3.8, 4) is 0 Å². The summed E-state index contributed by atoms with van der Waals surface area (Å²) in [7, 11) is 0. The average molecular weight is 243 g/mol. The lowest BCUT2D eigenvalue weighted by Crippen LogP contribution is -2.26. The Balaban J connectivity index is 2.19. The first-order valence-corrected chi connectivity index (χ1v) is 6.22. The van der Waals surface area contributed by atoms with Gasteiger partial charge < -0.3 is 5.73 Å². The van der Waals surface area contributed by atoms with Crippen LogP contribution in [0.1, 0.15) is 24.0 Å². The molecule has 0 saturated heterocycles. The molecule has 0 aliphatic carbocycles. The summed E-state index contributed by atoms with van der Waals surface area (Å²) < 4.78 is 12.9. The van der Waals surface area contributed by atoms with Gasteiger partial charge in [0, 0.05) is 12.0 Å². The number of rotatable bonds is 4. The highest BCUT2D eigenvalue weighted by Crippen LogP contribution is 2.23. The van der Waals surface area contributed by atoms with Gasteiger partial charge in [-0.3, -0.25) is 0 Å². The Hall–Kier alpha value is -1.67. The zero-order chi connectivity index (χ0) is 13.0. The molecule has 2 atom stereocenters. The summed E-state index contributed by atoms with van der Waals surface area (Å²) in [5.41, 5.74) is 8.42. The number of hydrogen-bond donors (Lipinski definition) is 1. The lowest BCUT2D eigenvalue weighted by molar-refractivity contribution is 0.564. The fourth-order valence-corrected chi connectivity index (χ4v) is 2.18. The minimum Gasteiger partial charge on any atom is -0.327 e. The number of halogens is 1. The van der Waals surface area contributed by atoms with E-state index in [-0.39, 0.29) is 17.8 Å². The highest BCUT2D eigenvalue weighted by atomic mass is 19.1. The predicted octanol–water partition coefficient (Wildman–Crippen LogP) is 3.50. The van der Waals surface area contributed by atoms with E-state index < -0.39 is 0 Å². The molecule has 0 aliphatic rings. The molecule has 2 aromatic rings. The summed E-state index contributed by atoms with van der Waals surface area (Å²) in [4.78, 5) is 0. The SMILES string of the molecule is C[C@@H](N)[C@H](Cc1ccc(F)cc1)c1ccccc1. The van der Waals surface area contributed by atoms with Gasteiger partial charge in [-0.15, -0.1) is 0 Å². The minimum atomic E-state index is -0.198. The van der Waals surface area contributed by atoms with Crippen LogP contribution in [0.2, 0.25) is 0 Å². The molecule has 0 spiro atoms. The van der Waals surface area contributed by atoms with E-state index in [4.69, 9.17) is 5.73 Å².